The fraction of sp³-hybridized carbons (Fsp3) is 0.179. The minimum Gasteiger partial charge on any atom is -0.497 e. The van der Waals surface area contributed by atoms with Crippen LogP contribution in [0.25, 0.3) is 12.2 Å². The van der Waals surface area contributed by atoms with Crippen LogP contribution in [-0.4, -0.2) is 27.2 Å². The molecular formula is C28H29NO4. The van der Waals surface area contributed by atoms with E-state index in [9.17, 15) is 4.79 Å². The summed E-state index contributed by atoms with van der Waals surface area (Å²) >= 11 is 0. The predicted molar refractivity (Wildman–Crippen MR) is 134 cm³/mol. The molecular weight excluding hydrogens is 414 g/mol. The minimum atomic E-state index is -0.105. The zero-order chi connectivity index (χ0) is 23.6. The number of rotatable bonds is 9. The van der Waals surface area contributed by atoms with Crippen LogP contribution < -0.4 is 19.1 Å². The van der Waals surface area contributed by atoms with Gasteiger partial charge in [-0.25, -0.2) is 0 Å². The standard InChI is InChI=1S/C28H29NO4/c1-5-9-28(30)29(23-10-7-6-8-11-23)20-26-22(18-25(32-3)19-27(26)33-4)15-12-21-13-16-24(31-2)17-14-21/h5-19H,20H2,1-4H3/b9-5?,15-12+. The van der Waals surface area contributed by atoms with Crippen molar-refractivity contribution in [1.82, 2.24) is 0 Å². The van der Waals surface area contributed by atoms with E-state index in [1.807, 2.05) is 85.8 Å². The maximum atomic E-state index is 13.0. The van der Waals surface area contributed by atoms with Gasteiger partial charge in [0.25, 0.3) is 5.91 Å². The van der Waals surface area contributed by atoms with Crippen LogP contribution in [-0.2, 0) is 11.3 Å². The van der Waals surface area contributed by atoms with Crippen LogP contribution in [0.2, 0.25) is 0 Å². The summed E-state index contributed by atoms with van der Waals surface area (Å²) in [5, 5.41) is 0. The van der Waals surface area contributed by atoms with E-state index in [1.165, 1.54) is 0 Å². The summed E-state index contributed by atoms with van der Waals surface area (Å²) in [7, 11) is 4.89. The number of allylic oxidation sites excluding steroid dienone is 1. The molecule has 170 valence electrons. The average Bonchev–Trinajstić information content (AvgIpc) is 2.86. The Balaban J connectivity index is 2.06. The zero-order valence-electron chi connectivity index (χ0n) is 19.4. The van der Waals surface area contributed by atoms with Gasteiger partial charge >= 0.3 is 0 Å². The largest absolute Gasteiger partial charge is 0.497 e. The summed E-state index contributed by atoms with van der Waals surface area (Å²) in [4.78, 5) is 14.7. The fourth-order valence-corrected chi connectivity index (χ4v) is 3.45. The van der Waals surface area contributed by atoms with Crippen molar-refractivity contribution in [3.8, 4) is 17.2 Å². The normalized spacial score (nSPS) is 11.0. The van der Waals surface area contributed by atoms with Crippen LogP contribution in [0.5, 0.6) is 17.2 Å². The number of ether oxygens (including phenoxy) is 3. The molecule has 0 heterocycles. The van der Waals surface area contributed by atoms with Gasteiger partial charge in [-0.3, -0.25) is 4.79 Å². The van der Waals surface area contributed by atoms with Gasteiger partial charge in [-0.2, -0.15) is 0 Å². The second-order valence-electron chi connectivity index (χ2n) is 7.26. The number of benzene rings is 3. The first-order valence-corrected chi connectivity index (χ1v) is 10.7. The minimum absolute atomic E-state index is 0.105. The van der Waals surface area contributed by atoms with Gasteiger partial charge in [0.05, 0.1) is 27.9 Å². The number of carbonyl (C=O) groups is 1. The third kappa shape index (κ3) is 6.04. The number of amides is 1. The van der Waals surface area contributed by atoms with Crippen LogP contribution in [0.1, 0.15) is 23.6 Å². The van der Waals surface area contributed by atoms with Gasteiger partial charge in [0, 0.05) is 17.3 Å². The first-order valence-electron chi connectivity index (χ1n) is 10.7. The Kier molecular flexibility index (Phi) is 8.30. The molecule has 0 N–H and O–H groups in total. The Morgan fingerprint density at radius 3 is 2.15 bits per heavy atom. The van der Waals surface area contributed by atoms with Gasteiger partial charge in [0.15, 0.2) is 0 Å². The average molecular weight is 444 g/mol. The highest BCUT2D eigenvalue weighted by atomic mass is 16.5. The molecule has 0 aliphatic rings. The smallest absolute Gasteiger partial charge is 0.250 e. The van der Waals surface area contributed by atoms with Crippen molar-refractivity contribution in [3.05, 3.63) is 95.6 Å². The first kappa shape index (κ1) is 23.7. The highest BCUT2D eigenvalue weighted by Crippen LogP contribution is 2.33. The summed E-state index contributed by atoms with van der Waals surface area (Å²) in [6.45, 7) is 2.17. The van der Waals surface area contributed by atoms with Gasteiger partial charge in [-0.05, 0) is 54.5 Å². The van der Waals surface area contributed by atoms with Crippen molar-refractivity contribution in [2.24, 2.45) is 0 Å². The van der Waals surface area contributed by atoms with Crippen molar-refractivity contribution in [2.45, 2.75) is 13.5 Å². The van der Waals surface area contributed by atoms with Crippen molar-refractivity contribution in [2.75, 3.05) is 26.2 Å². The Bertz CT molecular complexity index is 1120. The molecule has 0 aromatic heterocycles. The molecule has 0 radical (unpaired) electrons. The topological polar surface area (TPSA) is 48.0 Å². The number of hydrogen-bond donors (Lipinski definition) is 0. The summed E-state index contributed by atoms with van der Waals surface area (Å²) in [6, 6.07) is 21.2. The van der Waals surface area contributed by atoms with Crippen molar-refractivity contribution in [3.63, 3.8) is 0 Å². The van der Waals surface area contributed by atoms with E-state index in [2.05, 4.69) is 0 Å². The van der Waals surface area contributed by atoms with Crippen LogP contribution in [0.4, 0.5) is 5.69 Å². The van der Waals surface area contributed by atoms with Gasteiger partial charge in [0.2, 0.25) is 0 Å². The van der Waals surface area contributed by atoms with E-state index in [0.29, 0.717) is 18.0 Å². The number of nitrogens with zero attached hydrogens (tertiary/aromatic N) is 1. The lowest BCUT2D eigenvalue weighted by Gasteiger charge is -2.24. The van der Waals surface area contributed by atoms with Crippen LogP contribution in [0.3, 0.4) is 0 Å². The molecule has 3 aromatic rings. The van der Waals surface area contributed by atoms with E-state index >= 15 is 0 Å². The zero-order valence-corrected chi connectivity index (χ0v) is 19.4. The summed E-state index contributed by atoms with van der Waals surface area (Å²) < 4.78 is 16.4. The van der Waals surface area contributed by atoms with Gasteiger partial charge in [-0.1, -0.05) is 48.6 Å². The van der Waals surface area contributed by atoms with Crippen molar-refractivity contribution in [1.29, 1.82) is 0 Å². The van der Waals surface area contributed by atoms with E-state index in [0.717, 1.165) is 28.1 Å². The molecule has 33 heavy (non-hydrogen) atoms. The Morgan fingerprint density at radius 1 is 0.848 bits per heavy atom. The second-order valence-corrected chi connectivity index (χ2v) is 7.26. The molecule has 0 spiro atoms. The SMILES string of the molecule is CC=CC(=O)N(Cc1c(/C=C/c2ccc(OC)cc2)cc(OC)cc1OC)c1ccccc1. The maximum absolute atomic E-state index is 13.0. The van der Waals surface area contributed by atoms with Crippen LogP contribution in [0.15, 0.2) is 78.9 Å². The number of para-hydroxylation sites is 1. The van der Waals surface area contributed by atoms with Crippen LogP contribution >= 0.6 is 0 Å². The number of carbonyl (C=O) groups excluding carboxylic acids is 1. The second kappa shape index (κ2) is 11.6. The monoisotopic (exact) mass is 443 g/mol. The lowest BCUT2D eigenvalue weighted by atomic mass is 10.0. The quantitative estimate of drug-likeness (QED) is 0.301. The molecule has 0 saturated carbocycles. The summed E-state index contributed by atoms with van der Waals surface area (Å²) in [6.07, 6.45) is 7.33. The fourth-order valence-electron chi connectivity index (χ4n) is 3.45. The molecule has 0 unspecified atom stereocenters. The molecule has 3 rings (SSSR count). The number of hydrogen-bond acceptors (Lipinski definition) is 4. The molecule has 5 nitrogen and oxygen atoms in total. The third-order valence-electron chi connectivity index (χ3n) is 5.20. The first-order chi connectivity index (χ1) is 16.1. The van der Waals surface area contributed by atoms with Gasteiger partial charge in [-0.15, -0.1) is 0 Å². The van der Waals surface area contributed by atoms with Gasteiger partial charge < -0.3 is 19.1 Å². The molecule has 0 aliphatic carbocycles. The van der Waals surface area contributed by atoms with E-state index in [4.69, 9.17) is 14.2 Å². The Morgan fingerprint density at radius 2 is 1.55 bits per heavy atom. The predicted octanol–water partition coefficient (Wildman–Crippen LogP) is 5.99. The lowest BCUT2D eigenvalue weighted by molar-refractivity contribution is -0.114. The number of methoxy groups -OCH3 is 3. The molecule has 0 atom stereocenters. The highest BCUT2D eigenvalue weighted by Gasteiger charge is 2.19. The van der Waals surface area contributed by atoms with Crippen molar-refractivity contribution < 1.29 is 19.0 Å². The Hall–Kier alpha value is -3.99. The molecule has 0 fully saturated rings. The molecule has 0 saturated heterocycles. The molecule has 0 aliphatic heterocycles. The number of anilines is 1. The molecule has 5 heteroatoms. The highest BCUT2D eigenvalue weighted by molar-refractivity contribution is 6.01. The van der Waals surface area contributed by atoms with Crippen LogP contribution in [0, 0.1) is 0 Å². The maximum Gasteiger partial charge on any atom is 0.250 e. The summed E-state index contributed by atoms with van der Waals surface area (Å²) in [5.41, 5.74) is 3.61. The van der Waals surface area contributed by atoms with E-state index < -0.39 is 0 Å². The lowest BCUT2D eigenvalue weighted by Crippen LogP contribution is -2.29. The van der Waals surface area contributed by atoms with Crippen molar-refractivity contribution >= 4 is 23.7 Å². The van der Waals surface area contributed by atoms with E-state index in [-0.39, 0.29) is 5.91 Å². The molecule has 0 bridgehead atoms. The molecule has 1 amide bonds. The Labute approximate surface area is 195 Å². The molecule has 3 aromatic carbocycles. The third-order valence-corrected chi connectivity index (χ3v) is 5.20. The summed E-state index contributed by atoms with van der Waals surface area (Å²) in [5.74, 6) is 2.03. The van der Waals surface area contributed by atoms with E-state index in [1.54, 1.807) is 38.4 Å². The van der Waals surface area contributed by atoms with Gasteiger partial charge in [0.1, 0.15) is 17.2 Å².